The van der Waals surface area contributed by atoms with Crippen LogP contribution >= 0.6 is 0 Å². The Morgan fingerprint density at radius 2 is 2.00 bits per heavy atom. The van der Waals surface area contributed by atoms with Gasteiger partial charge < -0.3 is 10.6 Å². The minimum absolute atomic E-state index is 0.207. The maximum absolute atomic E-state index is 3.48. The predicted octanol–water partition coefficient (Wildman–Crippen LogP) is 0.851. The molecule has 0 radical (unpaired) electrons. The van der Waals surface area contributed by atoms with Crippen molar-refractivity contribution >= 4 is 11.4 Å². The van der Waals surface area contributed by atoms with Crippen molar-refractivity contribution in [3.63, 3.8) is 0 Å². The van der Waals surface area contributed by atoms with Gasteiger partial charge in [0.1, 0.15) is 6.29 Å². The molecule has 4 heteroatoms. The average Bonchev–Trinajstić information content (AvgIpc) is 2.93. The summed E-state index contributed by atoms with van der Waals surface area (Å²) in [5, 5.41) is 13.6. The molecule has 4 nitrogen and oxygen atoms in total. The van der Waals surface area contributed by atoms with E-state index in [9.17, 15) is 0 Å². The minimum atomic E-state index is 0.207. The zero-order valence-electron chi connectivity index (χ0n) is 9.56. The number of hydrogen-bond donors (Lipinski definition) is 4. The molecule has 0 aromatic heterocycles. The first kappa shape index (κ1) is 9.93. The quantitative estimate of drug-likeness (QED) is 0.594. The summed E-state index contributed by atoms with van der Waals surface area (Å²) in [5.41, 5.74) is 5.30. The van der Waals surface area contributed by atoms with E-state index >= 15 is 0 Å². The Balaban J connectivity index is 1.84. The molecule has 16 heavy (non-hydrogen) atoms. The van der Waals surface area contributed by atoms with Crippen molar-refractivity contribution in [2.45, 2.75) is 19.6 Å². The summed E-state index contributed by atoms with van der Waals surface area (Å²) < 4.78 is 0. The molecule has 0 spiro atoms. The highest BCUT2D eigenvalue weighted by atomic mass is 15.3. The highest BCUT2D eigenvalue weighted by Gasteiger charge is 2.17. The molecule has 0 bridgehead atoms. The summed E-state index contributed by atoms with van der Waals surface area (Å²) in [6, 6.07) is 4.41. The van der Waals surface area contributed by atoms with Crippen LogP contribution in [0.5, 0.6) is 0 Å². The normalized spacial score (nSPS) is 19.6. The smallest absolute Gasteiger partial charge is 0.132 e. The van der Waals surface area contributed by atoms with Gasteiger partial charge in [0.15, 0.2) is 0 Å². The van der Waals surface area contributed by atoms with Crippen LogP contribution in [-0.4, -0.2) is 25.9 Å². The van der Waals surface area contributed by atoms with E-state index in [1.165, 1.54) is 22.5 Å². The minimum Gasteiger partial charge on any atom is -0.384 e. The third-order valence-electron chi connectivity index (χ3n) is 3.37. The van der Waals surface area contributed by atoms with Crippen LogP contribution in [0.1, 0.15) is 11.1 Å². The Labute approximate surface area is 95.8 Å². The number of benzene rings is 1. The fraction of sp³-hybridized carbons (Fsp3) is 0.500. The van der Waals surface area contributed by atoms with Crippen LogP contribution in [0.3, 0.4) is 0 Å². The number of nitrogens with one attached hydrogen (secondary N) is 4. The van der Waals surface area contributed by atoms with Crippen LogP contribution < -0.4 is 21.3 Å². The number of hydrogen-bond acceptors (Lipinski definition) is 4. The zero-order chi connectivity index (χ0) is 11.0. The maximum atomic E-state index is 3.48. The summed E-state index contributed by atoms with van der Waals surface area (Å²) in [6.07, 6.45) is 1.36. The summed E-state index contributed by atoms with van der Waals surface area (Å²) in [5.74, 6) is 0. The summed E-state index contributed by atoms with van der Waals surface area (Å²) in [7, 11) is 0. The van der Waals surface area contributed by atoms with Crippen LogP contribution in [-0.2, 0) is 6.42 Å². The Kier molecular flexibility index (Phi) is 2.46. The topological polar surface area (TPSA) is 48.1 Å². The van der Waals surface area contributed by atoms with Crippen LogP contribution in [0.25, 0.3) is 0 Å². The summed E-state index contributed by atoms with van der Waals surface area (Å²) >= 11 is 0. The van der Waals surface area contributed by atoms with E-state index in [2.05, 4.69) is 40.3 Å². The van der Waals surface area contributed by atoms with Crippen molar-refractivity contribution in [3.8, 4) is 0 Å². The Hall–Kier alpha value is -1.26. The maximum Gasteiger partial charge on any atom is 0.132 e. The van der Waals surface area contributed by atoms with E-state index in [0.29, 0.717) is 0 Å². The first-order chi connectivity index (χ1) is 7.84. The molecule has 0 aliphatic carbocycles. The van der Waals surface area contributed by atoms with Gasteiger partial charge in [0, 0.05) is 31.0 Å². The second kappa shape index (κ2) is 3.96. The van der Waals surface area contributed by atoms with E-state index in [0.717, 1.165) is 26.1 Å². The van der Waals surface area contributed by atoms with Crippen molar-refractivity contribution in [3.05, 3.63) is 23.3 Å². The van der Waals surface area contributed by atoms with E-state index in [4.69, 9.17) is 0 Å². The first-order valence-corrected chi connectivity index (χ1v) is 5.94. The van der Waals surface area contributed by atoms with E-state index in [-0.39, 0.29) is 6.29 Å². The average molecular weight is 218 g/mol. The number of rotatable bonds is 2. The SMILES string of the molecule is Cc1c(NC2NCCN2)ccc2c1NCC2. The molecular weight excluding hydrogens is 200 g/mol. The van der Waals surface area contributed by atoms with Crippen molar-refractivity contribution < 1.29 is 0 Å². The molecule has 0 unspecified atom stereocenters. The lowest BCUT2D eigenvalue weighted by molar-refractivity contribution is 0.620. The molecule has 1 aromatic rings. The van der Waals surface area contributed by atoms with Gasteiger partial charge in [0.05, 0.1) is 0 Å². The molecule has 86 valence electrons. The monoisotopic (exact) mass is 218 g/mol. The van der Waals surface area contributed by atoms with Crippen molar-refractivity contribution in [1.82, 2.24) is 10.6 Å². The second-order valence-corrected chi connectivity index (χ2v) is 4.43. The van der Waals surface area contributed by atoms with Gasteiger partial charge in [0.2, 0.25) is 0 Å². The van der Waals surface area contributed by atoms with Gasteiger partial charge >= 0.3 is 0 Å². The van der Waals surface area contributed by atoms with Gasteiger partial charge in [-0.3, -0.25) is 10.6 Å². The Morgan fingerprint density at radius 1 is 1.19 bits per heavy atom. The van der Waals surface area contributed by atoms with Crippen LogP contribution in [0, 0.1) is 6.92 Å². The first-order valence-electron chi connectivity index (χ1n) is 5.94. The standard InChI is InChI=1S/C12H18N4/c1-8-10(16-12-14-6-7-15-12)3-2-9-4-5-13-11(8)9/h2-3,12-16H,4-7H2,1H3. The molecule has 0 amide bonds. The van der Waals surface area contributed by atoms with E-state index < -0.39 is 0 Å². The van der Waals surface area contributed by atoms with E-state index in [1.54, 1.807) is 0 Å². The molecule has 2 aliphatic rings. The molecule has 0 atom stereocenters. The molecule has 4 N–H and O–H groups in total. The highest BCUT2D eigenvalue weighted by Crippen LogP contribution is 2.31. The van der Waals surface area contributed by atoms with Gasteiger partial charge in [-0.1, -0.05) is 6.07 Å². The predicted molar refractivity (Wildman–Crippen MR) is 66.8 cm³/mol. The van der Waals surface area contributed by atoms with Gasteiger partial charge in [-0.05, 0) is 30.5 Å². The molecule has 1 fully saturated rings. The van der Waals surface area contributed by atoms with Crippen LogP contribution in [0.2, 0.25) is 0 Å². The van der Waals surface area contributed by atoms with Gasteiger partial charge in [0.25, 0.3) is 0 Å². The van der Waals surface area contributed by atoms with Crippen molar-refractivity contribution in [2.24, 2.45) is 0 Å². The molecular formula is C12H18N4. The second-order valence-electron chi connectivity index (χ2n) is 4.43. The lowest BCUT2D eigenvalue weighted by Gasteiger charge is -2.18. The van der Waals surface area contributed by atoms with Crippen LogP contribution in [0.15, 0.2) is 12.1 Å². The van der Waals surface area contributed by atoms with Gasteiger partial charge in [-0.25, -0.2) is 0 Å². The molecule has 1 saturated heterocycles. The fourth-order valence-corrected chi connectivity index (χ4v) is 2.46. The summed E-state index contributed by atoms with van der Waals surface area (Å²) in [4.78, 5) is 0. The molecule has 2 heterocycles. The molecule has 0 saturated carbocycles. The number of fused-ring (bicyclic) bond motifs is 1. The summed E-state index contributed by atoms with van der Waals surface area (Å²) in [6.45, 7) is 5.30. The Bertz CT molecular complexity index is 396. The van der Waals surface area contributed by atoms with Crippen molar-refractivity contribution in [2.75, 3.05) is 30.3 Å². The highest BCUT2D eigenvalue weighted by molar-refractivity contribution is 5.71. The Morgan fingerprint density at radius 3 is 2.81 bits per heavy atom. The third kappa shape index (κ3) is 1.64. The number of anilines is 2. The molecule has 3 rings (SSSR count). The lowest BCUT2D eigenvalue weighted by atomic mass is 10.1. The lowest BCUT2D eigenvalue weighted by Crippen LogP contribution is -2.38. The molecule has 1 aromatic carbocycles. The fourth-order valence-electron chi connectivity index (χ4n) is 2.46. The van der Waals surface area contributed by atoms with Crippen LogP contribution in [0.4, 0.5) is 11.4 Å². The van der Waals surface area contributed by atoms with Crippen molar-refractivity contribution in [1.29, 1.82) is 0 Å². The van der Waals surface area contributed by atoms with Gasteiger partial charge in [-0.15, -0.1) is 0 Å². The molecule has 2 aliphatic heterocycles. The largest absolute Gasteiger partial charge is 0.384 e. The third-order valence-corrected chi connectivity index (χ3v) is 3.37. The van der Waals surface area contributed by atoms with E-state index in [1.807, 2.05) is 0 Å². The zero-order valence-corrected chi connectivity index (χ0v) is 9.56. The van der Waals surface area contributed by atoms with Gasteiger partial charge in [-0.2, -0.15) is 0 Å².